The summed E-state index contributed by atoms with van der Waals surface area (Å²) in [6.07, 6.45) is 1.78. The monoisotopic (exact) mass is 262 g/mol. The minimum atomic E-state index is -0.499. The molecule has 1 aromatic carbocycles. The minimum Gasteiger partial charge on any atom is -0.354 e. The number of nitrogens with one attached hydrogen (secondary N) is 2. The van der Waals surface area contributed by atoms with Gasteiger partial charge in [-0.15, -0.1) is 0 Å². The zero-order valence-electron chi connectivity index (χ0n) is 11.6. The lowest BCUT2D eigenvalue weighted by molar-refractivity contribution is -0.128. The van der Waals surface area contributed by atoms with Crippen molar-refractivity contribution in [1.82, 2.24) is 10.6 Å². The zero-order chi connectivity index (χ0) is 14.1. The third-order valence-electron chi connectivity index (χ3n) is 2.80. The van der Waals surface area contributed by atoms with Crippen LogP contribution >= 0.6 is 0 Å². The van der Waals surface area contributed by atoms with Gasteiger partial charge in [0.1, 0.15) is 6.04 Å². The summed E-state index contributed by atoms with van der Waals surface area (Å²) in [5.74, 6) is -0.222. The molecule has 19 heavy (non-hydrogen) atoms. The molecule has 0 aliphatic carbocycles. The Balaban J connectivity index is 2.68. The molecule has 0 fully saturated rings. The quantitative estimate of drug-likeness (QED) is 0.785. The number of hydrogen-bond donors (Lipinski definition) is 2. The van der Waals surface area contributed by atoms with Crippen LogP contribution < -0.4 is 10.6 Å². The number of hydrogen-bond acceptors (Lipinski definition) is 2. The maximum absolute atomic E-state index is 12.0. The summed E-state index contributed by atoms with van der Waals surface area (Å²) in [4.78, 5) is 23.5. The van der Waals surface area contributed by atoms with Crippen LogP contribution in [-0.4, -0.2) is 24.4 Å². The molecular formula is C15H22N2O2. The van der Waals surface area contributed by atoms with E-state index in [0.29, 0.717) is 19.4 Å². The van der Waals surface area contributed by atoms with Gasteiger partial charge in [-0.2, -0.15) is 0 Å². The van der Waals surface area contributed by atoms with E-state index in [1.165, 1.54) is 0 Å². The topological polar surface area (TPSA) is 58.2 Å². The molecule has 0 saturated carbocycles. The van der Waals surface area contributed by atoms with Gasteiger partial charge >= 0.3 is 0 Å². The zero-order valence-corrected chi connectivity index (χ0v) is 11.6. The van der Waals surface area contributed by atoms with E-state index in [1.807, 2.05) is 37.3 Å². The van der Waals surface area contributed by atoms with Crippen LogP contribution in [-0.2, 0) is 16.0 Å². The highest BCUT2D eigenvalue weighted by Crippen LogP contribution is 2.04. The van der Waals surface area contributed by atoms with Gasteiger partial charge in [0.05, 0.1) is 0 Å². The molecule has 0 spiro atoms. The van der Waals surface area contributed by atoms with Crippen molar-refractivity contribution in [2.45, 2.75) is 39.2 Å². The van der Waals surface area contributed by atoms with E-state index in [9.17, 15) is 9.59 Å². The van der Waals surface area contributed by atoms with Gasteiger partial charge < -0.3 is 10.6 Å². The van der Waals surface area contributed by atoms with Crippen LogP contribution in [0.3, 0.4) is 0 Å². The maximum Gasteiger partial charge on any atom is 0.242 e. The predicted molar refractivity (Wildman–Crippen MR) is 75.7 cm³/mol. The summed E-state index contributed by atoms with van der Waals surface area (Å²) in [6.45, 7) is 4.40. The lowest BCUT2D eigenvalue weighted by atomic mass is 10.1. The van der Waals surface area contributed by atoms with Crippen molar-refractivity contribution >= 4 is 11.8 Å². The molecule has 1 unspecified atom stereocenters. The second-order valence-electron chi connectivity index (χ2n) is 4.45. The van der Waals surface area contributed by atoms with E-state index >= 15 is 0 Å². The molecule has 2 N–H and O–H groups in total. The van der Waals surface area contributed by atoms with E-state index in [2.05, 4.69) is 10.6 Å². The molecule has 0 saturated heterocycles. The molecule has 104 valence electrons. The van der Waals surface area contributed by atoms with E-state index in [-0.39, 0.29) is 11.8 Å². The second-order valence-corrected chi connectivity index (χ2v) is 4.45. The van der Waals surface area contributed by atoms with Crippen molar-refractivity contribution in [1.29, 1.82) is 0 Å². The molecule has 0 aliphatic rings. The fraction of sp³-hybridized carbons (Fsp3) is 0.467. The summed E-state index contributed by atoms with van der Waals surface area (Å²) < 4.78 is 0. The molecule has 0 aromatic heterocycles. The number of rotatable bonds is 7. The van der Waals surface area contributed by atoms with Crippen LogP contribution in [0.15, 0.2) is 30.3 Å². The van der Waals surface area contributed by atoms with Gasteiger partial charge in [-0.3, -0.25) is 9.59 Å². The molecule has 4 heteroatoms. The highest BCUT2D eigenvalue weighted by atomic mass is 16.2. The summed E-state index contributed by atoms with van der Waals surface area (Å²) in [5, 5.41) is 5.60. The average molecular weight is 262 g/mol. The SMILES string of the molecule is CCCNC(=O)C(Cc1ccccc1)NC(=O)CC. The molecule has 4 nitrogen and oxygen atoms in total. The largest absolute Gasteiger partial charge is 0.354 e. The Labute approximate surface area is 114 Å². The summed E-state index contributed by atoms with van der Waals surface area (Å²) >= 11 is 0. The van der Waals surface area contributed by atoms with Crippen molar-refractivity contribution in [3.05, 3.63) is 35.9 Å². The maximum atomic E-state index is 12.0. The van der Waals surface area contributed by atoms with Crippen LogP contribution in [0.2, 0.25) is 0 Å². The Morgan fingerprint density at radius 2 is 1.84 bits per heavy atom. The Morgan fingerprint density at radius 3 is 2.42 bits per heavy atom. The van der Waals surface area contributed by atoms with Gasteiger partial charge in [0.2, 0.25) is 11.8 Å². The second kappa shape index (κ2) is 8.29. The Hall–Kier alpha value is -1.84. The molecule has 0 heterocycles. The number of amides is 2. The highest BCUT2D eigenvalue weighted by Gasteiger charge is 2.19. The van der Waals surface area contributed by atoms with E-state index in [1.54, 1.807) is 6.92 Å². The fourth-order valence-corrected chi connectivity index (χ4v) is 1.73. The smallest absolute Gasteiger partial charge is 0.242 e. The predicted octanol–water partition coefficient (Wildman–Crippen LogP) is 1.65. The Morgan fingerprint density at radius 1 is 1.16 bits per heavy atom. The minimum absolute atomic E-state index is 0.104. The molecule has 0 bridgehead atoms. The molecule has 1 rings (SSSR count). The van der Waals surface area contributed by atoms with Crippen LogP contribution in [0, 0.1) is 0 Å². The molecule has 0 radical (unpaired) electrons. The van der Waals surface area contributed by atoms with E-state index in [0.717, 1.165) is 12.0 Å². The summed E-state index contributed by atoms with van der Waals surface area (Å²) in [5.41, 5.74) is 1.04. The van der Waals surface area contributed by atoms with E-state index < -0.39 is 6.04 Å². The first kappa shape index (κ1) is 15.2. The van der Waals surface area contributed by atoms with Gasteiger partial charge in [0.15, 0.2) is 0 Å². The van der Waals surface area contributed by atoms with Gasteiger partial charge in [-0.05, 0) is 12.0 Å². The van der Waals surface area contributed by atoms with Gasteiger partial charge in [0, 0.05) is 19.4 Å². The normalized spacial score (nSPS) is 11.7. The first-order valence-corrected chi connectivity index (χ1v) is 6.78. The molecule has 1 atom stereocenters. The molecule has 1 aromatic rings. The summed E-state index contributed by atoms with van der Waals surface area (Å²) in [7, 11) is 0. The van der Waals surface area contributed by atoms with Gasteiger partial charge in [-0.1, -0.05) is 44.2 Å². The lowest BCUT2D eigenvalue weighted by Gasteiger charge is -2.18. The van der Waals surface area contributed by atoms with Crippen LogP contribution in [0.25, 0.3) is 0 Å². The standard InChI is InChI=1S/C15H22N2O2/c1-3-10-16-15(19)13(17-14(18)4-2)11-12-8-6-5-7-9-12/h5-9,13H,3-4,10-11H2,1-2H3,(H,16,19)(H,17,18). The fourth-order valence-electron chi connectivity index (χ4n) is 1.73. The first-order chi connectivity index (χ1) is 9.17. The van der Waals surface area contributed by atoms with Gasteiger partial charge in [0.25, 0.3) is 0 Å². The van der Waals surface area contributed by atoms with Crippen molar-refractivity contribution in [2.24, 2.45) is 0 Å². The number of benzene rings is 1. The van der Waals surface area contributed by atoms with Crippen molar-refractivity contribution in [3.8, 4) is 0 Å². The van der Waals surface area contributed by atoms with Crippen molar-refractivity contribution < 1.29 is 9.59 Å². The first-order valence-electron chi connectivity index (χ1n) is 6.78. The van der Waals surface area contributed by atoms with Crippen LogP contribution in [0.4, 0.5) is 0 Å². The molecule has 2 amide bonds. The number of carbonyl (C=O) groups excluding carboxylic acids is 2. The Bertz CT molecular complexity index is 404. The molecule has 0 aliphatic heterocycles. The lowest BCUT2D eigenvalue weighted by Crippen LogP contribution is -2.48. The van der Waals surface area contributed by atoms with Crippen molar-refractivity contribution in [3.63, 3.8) is 0 Å². The van der Waals surface area contributed by atoms with Gasteiger partial charge in [-0.25, -0.2) is 0 Å². The third kappa shape index (κ3) is 5.55. The third-order valence-corrected chi connectivity index (χ3v) is 2.80. The van der Waals surface area contributed by atoms with Crippen molar-refractivity contribution in [2.75, 3.05) is 6.54 Å². The molecular weight excluding hydrogens is 240 g/mol. The highest BCUT2D eigenvalue weighted by molar-refractivity contribution is 5.87. The number of carbonyl (C=O) groups is 2. The summed E-state index contributed by atoms with van der Waals surface area (Å²) in [6, 6.07) is 9.20. The van der Waals surface area contributed by atoms with E-state index in [4.69, 9.17) is 0 Å². The van der Waals surface area contributed by atoms with Crippen LogP contribution in [0.1, 0.15) is 32.3 Å². The van der Waals surface area contributed by atoms with Crippen LogP contribution in [0.5, 0.6) is 0 Å². The Kier molecular flexibility index (Phi) is 6.64. The average Bonchev–Trinajstić information content (AvgIpc) is 2.44.